The lowest BCUT2D eigenvalue weighted by molar-refractivity contribution is 0.413. The van der Waals surface area contributed by atoms with Crippen molar-refractivity contribution in [1.29, 1.82) is 0 Å². The third kappa shape index (κ3) is 3.19. The number of aromatic amines is 1. The van der Waals surface area contributed by atoms with Crippen LogP contribution in [0.3, 0.4) is 0 Å². The Bertz CT molecular complexity index is 1070. The quantitative estimate of drug-likeness (QED) is 0.599. The highest BCUT2D eigenvalue weighted by molar-refractivity contribution is 5.79. The van der Waals surface area contributed by atoms with Gasteiger partial charge in [0.15, 0.2) is 0 Å². The molecule has 0 saturated heterocycles. The third-order valence-corrected chi connectivity index (χ3v) is 5.62. The molecule has 0 unspecified atom stereocenters. The first-order valence-electron chi connectivity index (χ1n) is 9.56. The van der Waals surface area contributed by atoms with E-state index in [1.54, 1.807) is 18.2 Å². The van der Waals surface area contributed by atoms with Crippen molar-refractivity contribution in [3.05, 3.63) is 98.8 Å². The predicted molar refractivity (Wildman–Crippen MR) is 112 cm³/mol. The Balaban J connectivity index is 1.76. The molecule has 1 heterocycles. The molecule has 1 N–H and O–H groups in total. The van der Waals surface area contributed by atoms with E-state index in [1.165, 1.54) is 23.3 Å². The van der Waals surface area contributed by atoms with Gasteiger partial charge in [-0.25, -0.2) is 4.39 Å². The van der Waals surface area contributed by atoms with Crippen LogP contribution in [0.2, 0.25) is 0 Å². The summed E-state index contributed by atoms with van der Waals surface area (Å²) in [7, 11) is 0. The minimum atomic E-state index is -0.483. The van der Waals surface area contributed by atoms with E-state index < -0.39 is 5.54 Å². The smallest absolute Gasteiger partial charge is 0.248 e. The van der Waals surface area contributed by atoms with Crippen molar-refractivity contribution in [1.82, 2.24) is 4.98 Å². The van der Waals surface area contributed by atoms with Crippen molar-refractivity contribution < 1.29 is 4.39 Å². The molecular formula is C24H23FN2O. The first-order chi connectivity index (χ1) is 13.5. The van der Waals surface area contributed by atoms with Gasteiger partial charge >= 0.3 is 0 Å². The maximum Gasteiger partial charge on any atom is 0.248 e. The summed E-state index contributed by atoms with van der Waals surface area (Å²) in [5.74, 6) is 0.00766. The van der Waals surface area contributed by atoms with Gasteiger partial charge in [-0.05, 0) is 55.7 Å². The maximum atomic E-state index is 13.1. The predicted octanol–water partition coefficient (Wildman–Crippen LogP) is 4.96. The van der Waals surface area contributed by atoms with Gasteiger partial charge in [-0.3, -0.25) is 9.79 Å². The van der Waals surface area contributed by atoms with Crippen LogP contribution in [0.25, 0.3) is 6.08 Å². The molecule has 0 radical (unpaired) electrons. The normalized spacial score (nSPS) is 25.3. The van der Waals surface area contributed by atoms with Crippen LogP contribution in [0.4, 0.5) is 4.39 Å². The first-order valence-corrected chi connectivity index (χ1v) is 9.56. The van der Waals surface area contributed by atoms with Crippen molar-refractivity contribution in [2.24, 2.45) is 10.9 Å². The van der Waals surface area contributed by atoms with E-state index >= 15 is 0 Å². The second-order valence-corrected chi connectivity index (χ2v) is 7.51. The van der Waals surface area contributed by atoms with Gasteiger partial charge in [-0.2, -0.15) is 0 Å². The minimum absolute atomic E-state index is 0.0724. The summed E-state index contributed by atoms with van der Waals surface area (Å²) in [6.45, 7) is 4.21. The number of fused-ring (bicyclic) bond motifs is 4. The number of aliphatic imine (C=N–C) groups is 1. The number of rotatable bonds is 3. The van der Waals surface area contributed by atoms with Crippen LogP contribution in [0.1, 0.15) is 37.1 Å². The summed E-state index contributed by atoms with van der Waals surface area (Å²) in [4.78, 5) is 19.9. The molecule has 2 aliphatic rings. The van der Waals surface area contributed by atoms with Crippen LogP contribution >= 0.6 is 0 Å². The number of nitrogens with zero attached hydrogens (tertiary/aromatic N) is 1. The second kappa shape index (κ2) is 7.19. The van der Waals surface area contributed by atoms with E-state index in [0.29, 0.717) is 0 Å². The van der Waals surface area contributed by atoms with Gasteiger partial charge in [-0.15, -0.1) is 0 Å². The molecular weight excluding hydrogens is 351 g/mol. The zero-order valence-corrected chi connectivity index (χ0v) is 16.1. The highest BCUT2D eigenvalue weighted by Crippen LogP contribution is 2.51. The lowest BCUT2D eigenvalue weighted by atomic mass is 9.63. The number of hydrogen-bond donors (Lipinski definition) is 1. The molecule has 0 fully saturated rings. The van der Waals surface area contributed by atoms with E-state index in [2.05, 4.69) is 31.0 Å². The molecule has 1 aromatic carbocycles. The average Bonchev–Trinajstić information content (AvgIpc) is 2.66. The number of pyridine rings is 1. The molecule has 3 nitrogen and oxygen atoms in total. The van der Waals surface area contributed by atoms with E-state index in [4.69, 9.17) is 4.99 Å². The van der Waals surface area contributed by atoms with Crippen LogP contribution in [-0.2, 0) is 12.0 Å². The summed E-state index contributed by atoms with van der Waals surface area (Å²) in [6.07, 6.45) is 11.7. The summed E-state index contributed by atoms with van der Waals surface area (Å²) in [5.41, 5.74) is 5.01. The summed E-state index contributed by atoms with van der Waals surface area (Å²) in [5, 5.41) is 0. The van der Waals surface area contributed by atoms with Crippen LogP contribution in [0, 0.1) is 11.7 Å². The highest BCUT2D eigenvalue weighted by Gasteiger charge is 2.46. The fourth-order valence-electron chi connectivity index (χ4n) is 4.55. The summed E-state index contributed by atoms with van der Waals surface area (Å²) >= 11 is 0. The van der Waals surface area contributed by atoms with Gasteiger partial charge in [0.1, 0.15) is 11.4 Å². The third-order valence-electron chi connectivity index (χ3n) is 5.62. The molecule has 1 aromatic heterocycles. The zero-order chi connectivity index (χ0) is 19.7. The Hall–Kier alpha value is -3.01. The SMILES string of the molecule is C/C=C1\[C@H]2C=C(C)C[C@]1(N=C/C=C/c1ccc(F)cc1)c1ccc(=O)[nH]c1C2. The molecule has 2 bridgehead atoms. The minimum Gasteiger partial charge on any atom is -0.326 e. The molecule has 4 rings (SSSR count). The molecule has 2 aliphatic carbocycles. The molecule has 2 atom stereocenters. The van der Waals surface area contributed by atoms with E-state index in [0.717, 1.165) is 29.7 Å². The van der Waals surface area contributed by atoms with Crippen molar-refractivity contribution in [3.63, 3.8) is 0 Å². The summed E-state index contributed by atoms with van der Waals surface area (Å²) < 4.78 is 13.1. The average molecular weight is 374 g/mol. The summed E-state index contributed by atoms with van der Waals surface area (Å²) in [6, 6.07) is 9.88. The largest absolute Gasteiger partial charge is 0.326 e. The Kier molecular flexibility index (Phi) is 4.71. The first kappa shape index (κ1) is 18.4. The van der Waals surface area contributed by atoms with Gasteiger partial charge in [0, 0.05) is 35.9 Å². The highest BCUT2D eigenvalue weighted by atomic mass is 19.1. The molecule has 0 amide bonds. The standard InChI is InChI=1S/C24H23FN2O/c1-3-20-18-13-16(2)15-24(20,21-10-11-23(28)27-22(21)14-18)26-12-4-5-17-6-8-19(25)9-7-17/h3-13,18H,14-15H2,1-2H3,(H,27,28)/b5-4+,20-3+,26-12?/t18-,24+/m0/s1. The van der Waals surface area contributed by atoms with Gasteiger partial charge in [0.25, 0.3) is 0 Å². The van der Waals surface area contributed by atoms with Crippen molar-refractivity contribution in [2.75, 3.05) is 0 Å². The van der Waals surface area contributed by atoms with E-state index in [-0.39, 0.29) is 17.3 Å². The number of benzene rings is 1. The van der Waals surface area contributed by atoms with Gasteiger partial charge in [0.05, 0.1) is 0 Å². The number of halogens is 1. The molecule has 0 saturated carbocycles. The van der Waals surface area contributed by atoms with Crippen LogP contribution in [0.15, 0.2) is 75.6 Å². The lowest BCUT2D eigenvalue weighted by Crippen LogP contribution is -2.40. The maximum absolute atomic E-state index is 13.1. The molecule has 142 valence electrons. The number of H-pyrrole nitrogens is 1. The Morgan fingerprint density at radius 2 is 2.00 bits per heavy atom. The Morgan fingerprint density at radius 1 is 1.21 bits per heavy atom. The van der Waals surface area contributed by atoms with Crippen LogP contribution in [0.5, 0.6) is 0 Å². The monoisotopic (exact) mass is 374 g/mol. The van der Waals surface area contributed by atoms with Crippen molar-refractivity contribution in [2.45, 2.75) is 32.2 Å². The fraction of sp³-hybridized carbons (Fsp3) is 0.250. The molecule has 0 aliphatic heterocycles. The number of nitrogens with one attached hydrogen (secondary N) is 1. The molecule has 28 heavy (non-hydrogen) atoms. The molecule has 2 aromatic rings. The van der Waals surface area contributed by atoms with Gasteiger partial charge < -0.3 is 4.98 Å². The van der Waals surface area contributed by atoms with Crippen LogP contribution < -0.4 is 5.56 Å². The zero-order valence-electron chi connectivity index (χ0n) is 16.1. The number of allylic oxidation sites excluding steroid dienone is 3. The van der Waals surface area contributed by atoms with E-state index in [9.17, 15) is 9.18 Å². The molecule has 4 heteroatoms. The topological polar surface area (TPSA) is 45.2 Å². The Labute approximate surface area is 164 Å². The van der Waals surface area contributed by atoms with Gasteiger partial charge in [-0.1, -0.05) is 35.9 Å². The molecule has 0 spiro atoms. The Morgan fingerprint density at radius 3 is 2.75 bits per heavy atom. The van der Waals surface area contributed by atoms with Crippen molar-refractivity contribution >= 4 is 12.3 Å². The second-order valence-electron chi connectivity index (χ2n) is 7.51. The number of aromatic nitrogens is 1. The van der Waals surface area contributed by atoms with Crippen LogP contribution in [-0.4, -0.2) is 11.2 Å². The van der Waals surface area contributed by atoms with E-state index in [1.807, 2.05) is 24.4 Å². The lowest BCUT2D eigenvalue weighted by Gasteiger charge is -2.45. The van der Waals surface area contributed by atoms with Crippen molar-refractivity contribution in [3.8, 4) is 0 Å². The van der Waals surface area contributed by atoms with Gasteiger partial charge in [0.2, 0.25) is 5.56 Å². The fourth-order valence-corrected chi connectivity index (χ4v) is 4.55. The number of hydrogen-bond acceptors (Lipinski definition) is 2.